The van der Waals surface area contributed by atoms with Crippen molar-refractivity contribution in [1.82, 2.24) is 0 Å². The van der Waals surface area contributed by atoms with Gasteiger partial charge in [0.2, 0.25) is 0 Å². The van der Waals surface area contributed by atoms with Crippen LogP contribution < -0.4 is 4.74 Å². The Morgan fingerprint density at radius 1 is 1.36 bits per heavy atom. The molecule has 0 fully saturated rings. The Morgan fingerprint density at radius 3 is 2.50 bits per heavy atom. The first-order valence-corrected chi connectivity index (χ1v) is 6.06. The fourth-order valence-electron chi connectivity index (χ4n) is 0.746. The zero-order valence-electron chi connectivity index (χ0n) is 6.85. The van der Waals surface area contributed by atoms with E-state index in [9.17, 15) is 4.57 Å². The molecule has 0 unspecified atom stereocenters. The highest BCUT2D eigenvalue weighted by Gasteiger charge is 2.14. The molecule has 0 radical (unpaired) electrons. The lowest BCUT2D eigenvalue weighted by Crippen LogP contribution is -1.98. The van der Waals surface area contributed by atoms with Gasteiger partial charge >= 0.3 is 7.60 Å². The van der Waals surface area contributed by atoms with E-state index in [1.807, 2.05) is 0 Å². The van der Waals surface area contributed by atoms with Crippen molar-refractivity contribution in [3.63, 3.8) is 0 Å². The van der Waals surface area contributed by atoms with E-state index in [-0.39, 0.29) is 10.8 Å². The summed E-state index contributed by atoms with van der Waals surface area (Å²) in [4.78, 5) is 17.1. The minimum absolute atomic E-state index is 0.194. The molecule has 0 heterocycles. The minimum atomic E-state index is -4.18. The van der Waals surface area contributed by atoms with Crippen molar-refractivity contribution in [2.24, 2.45) is 0 Å². The van der Waals surface area contributed by atoms with E-state index >= 15 is 0 Å². The van der Waals surface area contributed by atoms with E-state index in [2.05, 4.69) is 0 Å². The van der Waals surface area contributed by atoms with E-state index in [1.54, 1.807) is 0 Å². The normalized spacial score (nSPS) is 11.4. The van der Waals surface area contributed by atoms with Crippen molar-refractivity contribution in [2.45, 2.75) is 0 Å². The van der Waals surface area contributed by atoms with Gasteiger partial charge in [-0.1, -0.05) is 23.2 Å². The van der Waals surface area contributed by atoms with Crippen LogP contribution in [0.5, 0.6) is 5.75 Å². The second kappa shape index (κ2) is 4.51. The van der Waals surface area contributed by atoms with Gasteiger partial charge in [-0.3, -0.25) is 4.57 Å². The molecular formula is C7H7Cl2O4P. The SMILES string of the molecule is O=P(O)(O)COc1ccc(Cl)cc1Cl. The van der Waals surface area contributed by atoms with Gasteiger partial charge in [-0.2, -0.15) is 0 Å². The summed E-state index contributed by atoms with van der Waals surface area (Å²) in [5.74, 6) is 0.194. The van der Waals surface area contributed by atoms with Crippen molar-refractivity contribution in [2.75, 3.05) is 6.35 Å². The second-order valence-corrected chi connectivity index (χ2v) is 4.94. The van der Waals surface area contributed by atoms with Crippen LogP contribution in [0, 0.1) is 0 Å². The first-order chi connectivity index (χ1) is 6.38. The lowest BCUT2D eigenvalue weighted by molar-refractivity contribution is 0.300. The topological polar surface area (TPSA) is 66.8 Å². The van der Waals surface area contributed by atoms with Gasteiger partial charge in [-0.15, -0.1) is 0 Å². The Labute approximate surface area is 90.6 Å². The van der Waals surface area contributed by atoms with Crippen molar-refractivity contribution < 1.29 is 19.1 Å². The summed E-state index contributed by atoms with van der Waals surface area (Å²) < 4.78 is 15.3. The molecule has 0 aromatic heterocycles. The highest BCUT2D eigenvalue weighted by atomic mass is 35.5. The molecule has 0 aliphatic rings. The third kappa shape index (κ3) is 3.86. The van der Waals surface area contributed by atoms with Gasteiger partial charge in [0, 0.05) is 5.02 Å². The van der Waals surface area contributed by atoms with Gasteiger partial charge in [0.25, 0.3) is 0 Å². The predicted octanol–water partition coefficient (Wildman–Crippen LogP) is 2.51. The summed E-state index contributed by atoms with van der Waals surface area (Å²) in [6.45, 7) is 0. The fourth-order valence-corrected chi connectivity index (χ4v) is 1.52. The highest BCUT2D eigenvalue weighted by molar-refractivity contribution is 7.51. The van der Waals surface area contributed by atoms with Crippen LogP contribution in [0.15, 0.2) is 18.2 Å². The first kappa shape index (κ1) is 11.8. The Kier molecular flexibility index (Phi) is 3.81. The van der Waals surface area contributed by atoms with Crippen LogP contribution in [0.25, 0.3) is 0 Å². The maximum Gasteiger partial charge on any atom is 0.362 e. The molecule has 0 spiro atoms. The van der Waals surface area contributed by atoms with E-state index < -0.39 is 13.9 Å². The van der Waals surface area contributed by atoms with Gasteiger partial charge in [0.15, 0.2) is 6.35 Å². The van der Waals surface area contributed by atoms with Crippen LogP contribution in [0.4, 0.5) is 0 Å². The van der Waals surface area contributed by atoms with Crippen LogP contribution in [-0.2, 0) is 4.57 Å². The molecular weight excluding hydrogens is 250 g/mol. The van der Waals surface area contributed by atoms with Crippen molar-refractivity contribution >= 4 is 30.8 Å². The molecule has 0 aliphatic heterocycles. The molecule has 14 heavy (non-hydrogen) atoms. The lowest BCUT2D eigenvalue weighted by atomic mass is 10.3. The Balaban J connectivity index is 2.73. The van der Waals surface area contributed by atoms with Crippen molar-refractivity contribution in [1.29, 1.82) is 0 Å². The second-order valence-electron chi connectivity index (χ2n) is 2.51. The molecule has 0 bridgehead atoms. The summed E-state index contributed by atoms with van der Waals surface area (Å²) in [7, 11) is -4.18. The molecule has 78 valence electrons. The molecule has 0 amide bonds. The van der Waals surface area contributed by atoms with E-state index in [0.717, 1.165) is 0 Å². The highest BCUT2D eigenvalue weighted by Crippen LogP contribution is 2.36. The lowest BCUT2D eigenvalue weighted by Gasteiger charge is -2.08. The zero-order valence-corrected chi connectivity index (χ0v) is 9.26. The largest absolute Gasteiger partial charge is 0.479 e. The van der Waals surface area contributed by atoms with Crippen LogP contribution in [-0.4, -0.2) is 16.1 Å². The van der Waals surface area contributed by atoms with Gasteiger partial charge in [-0.25, -0.2) is 0 Å². The molecule has 7 heteroatoms. The molecule has 1 aromatic rings. The number of rotatable bonds is 3. The minimum Gasteiger partial charge on any atom is -0.479 e. The molecule has 1 aromatic carbocycles. The van der Waals surface area contributed by atoms with E-state index in [0.29, 0.717) is 5.02 Å². The summed E-state index contributed by atoms with van der Waals surface area (Å²) in [5, 5.41) is 0.643. The van der Waals surface area contributed by atoms with Crippen molar-refractivity contribution in [3.05, 3.63) is 28.2 Å². The Hall–Kier alpha value is -0.250. The Bertz CT molecular complexity index is 376. The predicted molar refractivity (Wildman–Crippen MR) is 54.0 cm³/mol. The number of benzene rings is 1. The maximum absolute atomic E-state index is 10.5. The quantitative estimate of drug-likeness (QED) is 0.816. The summed E-state index contributed by atoms with van der Waals surface area (Å²) >= 11 is 11.3. The smallest absolute Gasteiger partial charge is 0.362 e. The Morgan fingerprint density at radius 2 is 2.00 bits per heavy atom. The van der Waals surface area contributed by atoms with Crippen LogP contribution in [0.2, 0.25) is 10.0 Å². The maximum atomic E-state index is 10.5. The molecule has 0 saturated carbocycles. The van der Waals surface area contributed by atoms with E-state index in [4.69, 9.17) is 37.7 Å². The molecule has 0 aliphatic carbocycles. The summed E-state index contributed by atoms with van der Waals surface area (Å²) in [6.07, 6.45) is -0.700. The molecule has 4 nitrogen and oxygen atoms in total. The first-order valence-electron chi connectivity index (χ1n) is 3.51. The molecule has 0 atom stereocenters. The third-order valence-electron chi connectivity index (χ3n) is 1.28. The number of hydrogen-bond donors (Lipinski definition) is 2. The average Bonchev–Trinajstić information content (AvgIpc) is 2.00. The monoisotopic (exact) mass is 256 g/mol. The van der Waals surface area contributed by atoms with Crippen LogP contribution in [0.3, 0.4) is 0 Å². The average molecular weight is 257 g/mol. The van der Waals surface area contributed by atoms with Crippen molar-refractivity contribution in [3.8, 4) is 5.75 Å². The van der Waals surface area contributed by atoms with Gasteiger partial charge in [0.1, 0.15) is 5.75 Å². The van der Waals surface area contributed by atoms with E-state index in [1.165, 1.54) is 18.2 Å². The van der Waals surface area contributed by atoms with Gasteiger partial charge < -0.3 is 14.5 Å². The standard InChI is InChI=1S/C7H7Cl2O4P/c8-5-1-2-7(6(9)3-5)13-4-14(10,11)12/h1-3H,4H2,(H2,10,11,12). The fraction of sp³-hybridized carbons (Fsp3) is 0.143. The number of halogens is 2. The third-order valence-corrected chi connectivity index (χ3v) is 2.28. The van der Waals surface area contributed by atoms with Crippen LogP contribution in [0.1, 0.15) is 0 Å². The van der Waals surface area contributed by atoms with Gasteiger partial charge in [-0.05, 0) is 18.2 Å². The molecule has 0 saturated heterocycles. The zero-order chi connectivity index (χ0) is 10.8. The van der Waals surface area contributed by atoms with Crippen LogP contribution >= 0.6 is 30.8 Å². The summed E-state index contributed by atoms with van der Waals surface area (Å²) in [6, 6.07) is 4.39. The molecule has 2 N–H and O–H groups in total. The molecule has 1 rings (SSSR count). The van der Waals surface area contributed by atoms with Gasteiger partial charge in [0.05, 0.1) is 5.02 Å². The number of hydrogen-bond acceptors (Lipinski definition) is 2. The number of ether oxygens (including phenoxy) is 1. The summed E-state index contributed by atoms with van der Waals surface area (Å²) in [5.41, 5.74) is 0.